The number of anilines is 1. The molecule has 4 heterocycles. The van der Waals surface area contributed by atoms with Crippen molar-refractivity contribution in [3.8, 4) is 22.9 Å². The van der Waals surface area contributed by atoms with Gasteiger partial charge in [-0.25, -0.2) is 15.0 Å². The predicted octanol–water partition coefficient (Wildman–Crippen LogP) is 5.71. The molecule has 0 bridgehead atoms. The van der Waals surface area contributed by atoms with Gasteiger partial charge >= 0.3 is 5.97 Å². The summed E-state index contributed by atoms with van der Waals surface area (Å²) >= 11 is 12.6. The van der Waals surface area contributed by atoms with Crippen LogP contribution in [0.15, 0.2) is 42.7 Å². The summed E-state index contributed by atoms with van der Waals surface area (Å²) in [7, 11) is 2.13. The van der Waals surface area contributed by atoms with Gasteiger partial charge in [0.2, 0.25) is 11.8 Å². The second-order valence-corrected chi connectivity index (χ2v) is 12.0. The number of likely N-dealkylation sites (tertiary alicyclic amines) is 1. The number of carboxylic acid groups (broad SMARTS) is 1. The molecular weight excluding hydrogens is 563 g/mol. The number of benzene rings is 1. The number of rotatable bonds is 7. The summed E-state index contributed by atoms with van der Waals surface area (Å²) in [5.74, 6) is 0.699. The van der Waals surface area contributed by atoms with Crippen LogP contribution in [-0.4, -0.2) is 82.1 Å². The average Bonchev–Trinajstić information content (AvgIpc) is 3.26. The summed E-state index contributed by atoms with van der Waals surface area (Å²) < 4.78 is 6.18. The lowest BCUT2D eigenvalue weighted by Gasteiger charge is -2.21. The first-order valence-corrected chi connectivity index (χ1v) is 14.8. The number of nitrogens with zero attached hydrogens (tertiary/aromatic N) is 6. The zero-order valence-corrected chi connectivity index (χ0v) is 25.0. The molecule has 11 heteroatoms. The lowest BCUT2D eigenvalue weighted by Crippen LogP contribution is -2.30. The van der Waals surface area contributed by atoms with E-state index < -0.39 is 5.97 Å². The molecule has 2 fully saturated rings. The fraction of sp³-hybridized carbons (Fsp3) is 0.467. The predicted molar refractivity (Wildman–Crippen MR) is 161 cm³/mol. The van der Waals surface area contributed by atoms with Gasteiger partial charge in [-0.3, -0.25) is 9.69 Å². The smallest absolute Gasteiger partial charge is 0.306 e. The lowest BCUT2D eigenvalue weighted by molar-refractivity contribution is -0.143. The van der Waals surface area contributed by atoms with Crippen LogP contribution < -0.4 is 9.64 Å². The Morgan fingerprint density at radius 2 is 1.71 bits per heavy atom. The van der Waals surface area contributed by atoms with Crippen molar-refractivity contribution in [3.63, 3.8) is 0 Å². The molecule has 2 saturated heterocycles. The van der Waals surface area contributed by atoms with Crippen molar-refractivity contribution in [2.45, 2.75) is 32.7 Å². The van der Waals surface area contributed by atoms with Crippen molar-refractivity contribution in [3.05, 3.63) is 58.3 Å². The second kappa shape index (κ2) is 13.3. The van der Waals surface area contributed by atoms with Gasteiger partial charge in [-0.2, -0.15) is 0 Å². The SMILES string of the molecule is CC1CCN(Cc2cc(Oc3cnc(N4CCCN(C)CC4)nc3)nc(-c3cc(Cl)cc(Cl)c3)c2)CC[C@H]1C(=O)O. The fourth-order valence-electron chi connectivity index (χ4n) is 5.53. The van der Waals surface area contributed by atoms with E-state index in [1.165, 1.54) is 0 Å². The zero-order valence-electron chi connectivity index (χ0n) is 23.5. The quantitative estimate of drug-likeness (QED) is 0.366. The van der Waals surface area contributed by atoms with Gasteiger partial charge in [0.15, 0.2) is 5.75 Å². The van der Waals surface area contributed by atoms with Gasteiger partial charge in [0.05, 0.1) is 24.0 Å². The van der Waals surface area contributed by atoms with Gasteiger partial charge in [0.1, 0.15) is 0 Å². The number of likely N-dealkylation sites (N-methyl/N-ethyl adjacent to an activating group) is 1. The van der Waals surface area contributed by atoms with E-state index in [1.807, 2.05) is 31.2 Å². The number of pyridine rings is 1. The summed E-state index contributed by atoms with van der Waals surface area (Å²) in [4.78, 5) is 32.4. The first-order chi connectivity index (χ1) is 19.7. The number of carbonyl (C=O) groups is 1. The topological polar surface area (TPSA) is 94.9 Å². The number of aromatic nitrogens is 3. The van der Waals surface area contributed by atoms with E-state index in [9.17, 15) is 9.90 Å². The monoisotopic (exact) mass is 598 g/mol. The minimum Gasteiger partial charge on any atom is -0.481 e. The Kier molecular flexibility index (Phi) is 9.60. The summed E-state index contributed by atoms with van der Waals surface area (Å²) in [6, 6.07) is 9.26. The van der Waals surface area contributed by atoms with Gasteiger partial charge in [-0.1, -0.05) is 30.1 Å². The molecule has 0 radical (unpaired) electrons. The van der Waals surface area contributed by atoms with Crippen LogP contribution in [0.2, 0.25) is 10.0 Å². The first kappa shape index (κ1) is 29.5. The summed E-state index contributed by atoms with van der Waals surface area (Å²) in [6.07, 6.45) is 5.89. The molecule has 1 unspecified atom stereocenters. The minimum absolute atomic E-state index is 0.135. The van der Waals surface area contributed by atoms with E-state index in [0.29, 0.717) is 52.8 Å². The van der Waals surface area contributed by atoms with E-state index in [0.717, 1.165) is 56.7 Å². The van der Waals surface area contributed by atoms with Gasteiger partial charge in [0, 0.05) is 47.9 Å². The minimum atomic E-state index is -0.713. The lowest BCUT2D eigenvalue weighted by atomic mass is 9.90. The molecule has 2 aliphatic heterocycles. The standard InChI is InChI=1S/C30H36Cl2N6O3/c1-20-4-8-37(9-5-26(20)29(39)40)19-21-12-27(22-14-23(31)16-24(32)15-22)35-28(13-21)41-25-17-33-30(34-18-25)38-7-3-6-36(2)10-11-38/h12-18,20,26H,3-11,19H2,1-2H3,(H,39,40)/t20?,26-/m1/s1. The molecule has 0 amide bonds. The molecule has 9 nitrogen and oxygen atoms in total. The number of aliphatic carboxylic acids is 1. The molecule has 1 N–H and O–H groups in total. The van der Waals surface area contributed by atoms with Crippen molar-refractivity contribution in [2.24, 2.45) is 11.8 Å². The highest BCUT2D eigenvalue weighted by molar-refractivity contribution is 6.35. The summed E-state index contributed by atoms with van der Waals surface area (Å²) in [5.41, 5.74) is 2.45. The summed E-state index contributed by atoms with van der Waals surface area (Å²) in [5, 5.41) is 10.7. The van der Waals surface area contributed by atoms with E-state index in [1.54, 1.807) is 18.5 Å². The molecule has 218 valence electrons. The fourth-order valence-corrected chi connectivity index (χ4v) is 6.06. The van der Waals surface area contributed by atoms with Crippen LogP contribution >= 0.6 is 23.2 Å². The van der Waals surface area contributed by atoms with Crippen LogP contribution in [0.1, 0.15) is 31.7 Å². The third-order valence-electron chi connectivity index (χ3n) is 7.93. The van der Waals surface area contributed by atoms with Crippen LogP contribution in [0.5, 0.6) is 11.6 Å². The number of hydrogen-bond donors (Lipinski definition) is 1. The van der Waals surface area contributed by atoms with Crippen molar-refractivity contribution in [1.29, 1.82) is 0 Å². The summed E-state index contributed by atoms with van der Waals surface area (Å²) in [6.45, 7) is 8.04. The maximum absolute atomic E-state index is 11.7. The highest BCUT2D eigenvalue weighted by Gasteiger charge is 2.28. The van der Waals surface area contributed by atoms with Crippen LogP contribution in [0.25, 0.3) is 11.3 Å². The normalized spacial score (nSPS) is 20.8. The molecule has 0 spiro atoms. The first-order valence-electron chi connectivity index (χ1n) is 14.1. The molecule has 0 aliphatic carbocycles. The third kappa shape index (κ3) is 7.86. The number of ether oxygens (including phenoxy) is 1. The van der Waals surface area contributed by atoms with Crippen LogP contribution in [-0.2, 0) is 11.3 Å². The van der Waals surface area contributed by atoms with Crippen molar-refractivity contribution in [2.75, 3.05) is 51.2 Å². The molecular formula is C30H36Cl2N6O3. The van der Waals surface area contributed by atoms with E-state index in [2.05, 4.69) is 31.7 Å². The van der Waals surface area contributed by atoms with Crippen molar-refractivity contribution < 1.29 is 14.6 Å². The molecule has 41 heavy (non-hydrogen) atoms. The van der Waals surface area contributed by atoms with Crippen LogP contribution in [0.4, 0.5) is 5.95 Å². The van der Waals surface area contributed by atoms with E-state index >= 15 is 0 Å². The average molecular weight is 600 g/mol. The second-order valence-electron chi connectivity index (χ2n) is 11.1. The third-order valence-corrected chi connectivity index (χ3v) is 8.36. The number of carboxylic acids is 1. The Labute approximate surface area is 251 Å². The Bertz CT molecular complexity index is 1340. The zero-order chi connectivity index (χ0) is 28.9. The Morgan fingerprint density at radius 1 is 0.976 bits per heavy atom. The van der Waals surface area contributed by atoms with Crippen LogP contribution in [0, 0.1) is 11.8 Å². The van der Waals surface area contributed by atoms with Crippen molar-refractivity contribution >= 4 is 35.1 Å². The van der Waals surface area contributed by atoms with E-state index in [4.69, 9.17) is 32.9 Å². The van der Waals surface area contributed by atoms with Gasteiger partial charge in [-0.05, 0) is 81.7 Å². The number of hydrogen-bond acceptors (Lipinski definition) is 8. The molecule has 0 saturated carbocycles. The Hall–Kier alpha value is -2.98. The molecule has 3 aromatic rings. The molecule has 2 aliphatic rings. The van der Waals surface area contributed by atoms with Gasteiger partial charge in [-0.15, -0.1) is 0 Å². The van der Waals surface area contributed by atoms with E-state index in [-0.39, 0.29) is 11.8 Å². The maximum Gasteiger partial charge on any atom is 0.306 e. The van der Waals surface area contributed by atoms with Gasteiger partial charge in [0.25, 0.3) is 0 Å². The Balaban J connectivity index is 1.38. The van der Waals surface area contributed by atoms with Gasteiger partial charge < -0.3 is 19.6 Å². The largest absolute Gasteiger partial charge is 0.481 e. The highest BCUT2D eigenvalue weighted by Crippen LogP contribution is 2.31. The molecule has 1 aromatic carbocycles. The Morgan fingerprint density at radius 3 is 2.44 bits per heavy atom. The molecule has 5 rings (SSSR count). The molecule has 2 atom stereocenters. The van der Waals surface area contributed by atoms with Crippen LogP contribution in [0.3, 0.4) is 0 Å². The highest BCUT2D eigenvalue weighted by atomic mass is 35.5. The number of halogens is 2. The van der Waals surface area contributed by atoms with Crippen molar-refractivity contribution in [1.82, 2.24) is 24.8 Å². The maximum atomic E-state index is 11.7. The molecule has 2 aromatic heterocycles.